The summed E-state index contributed by atoms with van der Waals surface area (Å²) in [6.07, 6.45) is 0. The Hall–Kier alpha value is -3.15. The van der Waals surface area contributed by atoms with Crippen LogP contribution < -0.4 is 10.2 Å². The molecular weight excluding hydrogens is 480 g/mol. The highest BCUT2D eigenvalue weighted by atomic mass is 35.5. The quantitative estimate of drug-likeness (QED) is 0.275. The zero-order chi connectivity index (χ0) is 24.1. The van der Waals surface area contributed by atoms with Crippen molar-refractivity contribution in [3.05, 3.63) is 57.6 Å². The summed E-state index contributed by atoms with van der Waals surface area (Å²) in [5.74, 6) is 0.0641. The number of carbonyl (C=O) groups excluding carboxylic acids is 1. The molecule has 34 heavy (non-hydrogen) atoms. The van der Waals surface area contributed by atoms with Gasteiger partial charge in [0.05, 0.1) is 27.1 Å². The first kappa shape index (κ1) is 24.0. The number of anilines is 2. The first-order valence-electron chi connectivity index (χ1n) is 10.7. The first-order valence-corrected chi connectivity index (χ1v) is 12.1. The lowest BCUT2D eigenvalue weighted by atomic mass is 10.2. The maximum Gasteiger partial charge on any atom is 0.277 e. The molecule has 0 radical (unpaired) electrons. The van der Waals surface area contributed by atoms with E-state index >= 15 is 0 Å². The third-order valence-corrected chi connectivity index (χ3v) is 6.58. The predicted molar refractivity (Wildman–Crippen MR) is 132 cm³/mol. The smallest absolute Gasteiger partial charge is 0.277 e. The molecule has 10 nitrogen and oxygen atoms in total. The van der Waals surface area contributed by atoms with E-state index in [2.05, 4.69) is 32.2 Å². The molecule has 1 aliphatic rings. The molecule has 12 heteroatoms. The molecule has 0 unspecified atom stereocenters. The number of nitro groups is 1. The lowest BCUT2D eigenvalue weighted by molar-refractivity contribution is -0.384. The molecule has 3 aromatic rings. The molecule has 2 heterocycles. The first-order chi connectivity index (χ1) is 16.4. The van der Waals surface area contributed by atoms with Crippen LogP contribution in [-0.2, 0) is 4.79 Å². The highest BCUT2D eigenvalue weighted by Gasteiger charge is 2.21. The molecule has 0 aliphatic carbocycles. The van der Waals surface area contributed by atoms with Crippen LogP contribution in [0, 0.1) is 10.1 Å². The van der Waals surface area contributed by atoms with Crippen molar-refractivity contribution >= 4 is 46.3 Å². The second kappa shape index (κ2) is 10.9. The van der Waals surface area contributed by atoms with Gasteiger partial charge in [-0.05, 0) is 30.8 Å². The third kappa shape index (κ3) is 5.66. The molecule has 0 bridgehead atoms. The molecule has 0 spiro atoms. The second-order valence-electron chi connectivity index (χ2n) is 7.57. The highest BCUT2D eigenvalue weighted by Crippen LogP contribution is 2.35. The standard InChI is InChI=1S/C22H23ClN6O4S/c1-2-27-10-12-28(13-11-27)20-17(23)4-3-5-18(20)24-19(30)14-34-22-26-25-21(33-22)15-6-8-16(9-7-15)29(31)32/h3-9H,2,10-14H2,1H3,(H,24,30). The molecule has 0 atom stereocenters. The van der Waals surface area contributed by atoms with E-state index in [1.807, 2.05) is 18.2 Å². The Morgan fingerprint density at radius 3 is 2.59 bits per heavy atom. The van der Waals surface area contributed by atoms with E-state index in [1.54, 1.807) is 0 Å². The number of likely N-dealkylation sites (N-methyl/N-ethyl adjacent to an activating group) is 1. The van der Waals surface area contributed by atoms with Gasteiger partial charge in [-0.2, -0.15) is 0 Å². The average molecular weight is 503 g/mol. The monoisotopic (exact) mass is 502 g/mol. The van der Waals surface area contributed by atoms with Gasteiger partial charge in [-0.25, -0.2) is 0 Å². The SMILES string of the molecule is CCN1CCN(c2c(Cl)cccc2NC(=O)CSc2nnc(-c3ccc([N+](=O)[O-])cc3)o2)CC1. The molecule has 1 aromatic heterocycles. The summed E-state index contributed by atoms with van der Waals surface area (Å²) in [4.78, 5) is 27.5. The number of non-ortho nitro benzene ring substituents is 1. The maximum atomic E-state index is 12.7. The van der Waals surface area contributed by atoms with E-state index in [9.17, 15) is 14.9 Å². The van der Waals surface area contributed by atoms with Crippen molar-refractivity contribution in [3.63, 3.8) is 0 Å². The molecular formula is C22H23ClN6O4S. The summed E-state index contributed by atoms with van der Waals surface area (Å²) < 4.78 is 5.59. The van der Waals surface area contributed by atoms with Gasteiger partial charge < -0.3 is 19.5 Å². The fourth-order valence-corrected chi connectivity index (χ4v) is 4.51. The van der Waals surface area contributed by atoms with Crippen molar-refractivity contribution in [1.82, 2.24) is 15.1 Å². The summed E-state index contributed by atoms with van der Waals surface area (Å²) in [7, 11) is 0. The van der Waals surface area contributed by atoms with E-state index in [0.29, 0.717) is 16.3 Å². The van der Waals surface area contributed by atoms with Gasteiger partial charge >= 0.3 is 0 Å². The van der Waals surface area contributed by atoms with Crippen LogP contribution in [0.1, 0.15) is 6.92 Å². The summed E-state index contributed by atoms with van der Waals surface area (Å²) in [6, 6.07) is 11.3. The molecule has 1 amide bonds. The van der Waals surface area contributed by atoms with Crippen molar-refractivity contribution in [2.75, 3.05) is 48.7 Å². The number of thioether (sulfide) groups is 1. The molecule has 1 aliphatic heterocycles. The summed E-state index contributed by atoms with van der Waals surface area (Å²) in [5.41, 5.74) is 2.03. The highest BCUT2D eigenvalue weighted by molar-refractivity contribution is 7.99. The number of para-hydroxylation sites is 1. The van der Waals surface area contributed by atoms with Crippen molar-refractivity contribution in [1.29, 1.82) is 0 Å². The van der Waals surface area contributed by atoms with Crippen LogP contribution in [0.4, 0.5) is 17.1 Å². The van der Waals surface area contributed by atoms with Gasteiger partial charge in [0.15, 0.2) is 0 Å². The summed E-state index contributed by atoms with van der Waals surface area (Å²) in [6.45, 7) is 6.72. The number of amides is 1. The number of halogens is 1. The number of benzene rings is 2. The molecule has 4 rings (SSSR count). The Morgan fingerprint density at radius 1 is 1.18 bits per heavy atom. The van der Waals surface area contributed by atoms with Gasteiger partial charge in [0.25, 0.3) is 10.9 Å². The minimum absolute atomic E-state index is 0.0258. The number of carbonyl (C=O) groups is 1. The average Bonchev–Trinajstić information content (AvgIpc) is 3.32. The second-order valence-corrected chi connectivity index (χ2v) is 8.91. The van der Waals surface area contributed by atoms with Gasteiger partial charge in [-0.15, -0.1) is 10.2 Å². The molecule has 2 aromatic carbocycles. The van der Waals surface area contributed by atoms with Gasteiger partial charge in [0.1, 0.15) is 0 Å². The van der Waals surface area contributed by atoms with Gasteiger partial charge in [-0.3, -0.25) is 14.9 Å². The Balaban J connectivity index is 1.37. The number of nitrogens with one attached hydrogen (secondary N) is 1. The fraction of sp³-hybridized carbons (Fsp3) is 0.318. The van der Waals surface area contributed by atoms with E-state index in [0.717, 1.165) is 50.2 Å². The number of piperazine rings is 1. The minimum atomic E-state index is -0.478. The van der Waals surface area contributed by atoms with E-state index in [-0.39, 0.29) is 28.5 Å². The molecule has 178 valence electrons. The molecule has 1 N–H and O–H groups in total. The summed E-state index contributed by atoms with van der Waals surface area (Å²) in [5, 5.41) is 22.5. The Bertz CT molecular complexity index is 1160. The van der Waals surface area contributed by atoms with Gasteiger partial charge in [0.2, 0.25) is 11.8 Å². The number of hydrogen-bond acceptors (Lipinski definition) is 9. The number of nitro benzene ring substituents is 1. The predicted octanol–water partition coefficient (Wildman–Crippen LogP) is 4.17. The van der Waals surface area contributed by atoms with Crippen molar-refractivity contribution in [3.8, 4) is 11.5 Å². The lowest BCUT2D eigenvalue weighted by Gasteiger charge is -2.36. The minimum Gasteiger partial charge on any atom is -0.411 e. The van der Waals surface area contributed by atoms with Crippen LogP contribution in [0.5, 0.6) is 0 Å². The molecule has 1 saturated heterocycles. The topological polar surface area (TPSA) is 118 Å². The van der Waals surface area contributed by atoms with E-state index in [1.165, 1.54) is 24.3 Å². The maximum absolute atomic E-state index is 12.7. The zero-order valence-corrected chi connectivity index (χ0v) is 20.0. The third-order valence-electron chi connectivity index (χ3n) is 5.45. The Morgan fingerprint density at radius 2 is 1.91 bits per heavy atom. The van der Waals surface area contributed by atoms with Crippen LogP contribution in [0.25, 0.3) is 11.5 Å². The van der Waals surface area contributed by atoms with Crippen LogP contribution in [-0.4, -0.2) is 64.4 Å². The largest absolute Gasteiger partial charge is 0.411 e. The molecule has 1 fully saturated rings. The van der Waals surface area contributed by atoms with Crippen LogP contribution in [0.2, 0.25) is 5.02 Å². The van der Waals surface area contributed by atoms with Gasteiger partial charge in [-0.1, -0.05) is 36.4 Å². The van der Waals surface area contributed by atoms with E-state index < -0.39 is 4.92 Å². The summed E-state index contributed by atoms with van der Waals surface area (Å²) >= 11 is 7.60. The zero-order valence-electron chi connectivity index (χ0n) is 18.4. The van der Waals surface area contributed by atoms with Crippen LogP contribution >= 0.6 is 23.4 Å². The van der Waals surface area contributed by atoms with Gasteiger partial charge in [0, 0.05) is 43.9 Å². The van der Waals surface area contributed by atoms with Crippen molar-refractivity contribution in [2.24, 2.45) is 0 Å². The Labute approximate surface area is 205 Å². The van der Waals surface area contributed by atoms with Crippen molar-refractivity contribution < 1.29 is 14.1 Å². The number of nitrogens with zero attached hydrogens (tertiary/aromatic N) is 5. The van der Waals surface area contributed by atoms with Crippen LogP contribution in [0.15, 0.2) is 52.1 Å². The Kier molecular flexibility index (Phi) is 7.66. The number of hydrogen-bond donors (Lipinski definition) is 1. The number of rotatable bonds is 8. The van der Waals surface area contributed by atoms with Crippen molar-refractivity contribution in [2.45, 2.75) is 12.1 Å². The lowest BCUT2D eigenvalue weighted by Crippen LogP contribution is -2.46. The molecule has 0 saturated carbocycles. The van der Waals surface area contributed by atoms with E-state index in [4.69, 9.17) is 16.0 Å². The fourth-order valence-electron chi connectivity index (χ4n) is 3.65. The van der Waals surface area contributed by atoms with Crippen LogP contribution in [0.3, 0.4) is 0 Å². The normalized spacial score (nSPS) is 14.2. The number of aromatic nitrogens is 2.